The van der Waals surface area contributed by atoms with Gasteiger partial charge >= 0.3 is 0 Å². The van der Waals surface area contributed by atoms with E-state index in [4.69, 9.17) is 0 Å². The van der Waals surface area contributed by atoms with Gasteiger partial charge in [-0.3, -0.25) is 0 Å². The van der Waals surface area contributed by atoms with Crippen LogP contribution in [0.15, 0.2) is 121 Å². The summed E-state index contributed by atoms with van der Waals surface area (Å²) in [7, 11) is -2.34. The monoisotopic (exact) mass is 726 g/mol. The molecular weight excluding hydrogens is 670 g/mol. The summed E-state index contributed by atoms with van der Waals surface area (Å²) < 4.78 is 0. The summed E-state index contributed by atoms with van der Waals surface area (Å²) >= 11 is 0. The summed E-state index contributed by atoms with van der Waals surface area (Å²) in [6, 6.07) is 44.0. The molecule has 0 atom stereocenters. The van der Waals surface area contributed by atoms with E-state index in [1.807, 2.05) is 0 Å². The zero-order valence-electron chi connectivity index (χ0n) is 28.4. The van der Waals surface area contributed by atoms with Crippen LogP contribution >= 0.6 is 14.5 Å². The maximum Gasteiger partial charge on any atom is 0.116 e. The van der Waals surface area contributed by atoms with Crippen LogP contribution in [0, 0.1) is 0 Å². The molecule has 0 aromatic heterocycles. The van der Waals surface area contributed by atoms with Gasteiger partial charge in [0.1, 0.15) is 23.2 Å². The van der Waals surface area contributed by atoms with Gasteiger partial charge in [-0.25, -0.2) is 0 Å². The Kier molecular flexibility index (Phi) is 21.9. The quantitative estimate of drug-likeness (QED) is 0.128. The number of hydrogen-bond acceptors (Lipinski definition) is 0. The Morgan fingerprint density at radius 3 is 0.933 bits per heavy atom. The molecule has 4 heteroatoms. The maximum atomic E-state index is 2.36. The molecule has 0 saturated heterocycles. The molecule has 0 aliphatic rings. The molecule has 4 rings (SSSR count). The minimum atomic E-state index is -1.78. The highest BCUT2D eigenvalue weighted by Gasteiger charge is 2.45. The topological polar surface area (TPSA) is 0 Å². The predicted molar refractivity (Wildman–Crippen MR) is 201 cm³/mol. The summed E-state index contributed by atoms with van der Waals surface area (Å²) in [5.74, 6) is 0. The lowest BCUT2D eigenvalue weighted by Gasteiger charge is -2.28. The molecule has 0 bridgehead atoms. The van der Waals surface area contributed by atoms with Crippen LogP contribution in [0.2, 0.25) is 0 Å². The molecule has 0 radical (unpaired) electrons. The van der Waals surface area contributed by atoms with Gasteiger partial charge in [0.15, 0.2) is 0 Å². The second-order valence-electron chi connectivity index (χ2n) is 12.1. The number of benzene rings is 4. The van der Waals surface area contributed by atoms with Crippen LogP contribution < -0.4 is 45.3 Å². The Morgan fingerprint density at radius 2 is 0.667 bits per heavy atom. The molecule has 4 aromatic rings. The first-order valence-corrected chi connectivity index (χ1v) is 21.6. The van der Waals surface area contributed by atoms with Crippen molar-refractivity contribution < 1.29 is 29.4 Å². The Balaban J connectivity index is 0.000000472. The highest BCUT2D eigenvalue weighted by Crippen LogP contribution is 2.61. The van der Waals surface area contributed by atoms with E-state index in [2.05, 4.69) is 149 Å². The molecule has 246 valence electrons. The lowest BCUT2D eigenvalue weighted by Crippen LogP contribution is -3.00. The lowest BCUT2D eigenvalue weighted by molar-refractivity contribution is -0.001000. The van der Waals surface area contributed by atoms with Crippen molar-refractivity contribution in [2.45, 2.75) is 85.2 Å². The fraction of sp³-hybridized carbons (Fsp3) is 0.415. The molecule has 0 spiro atoms. The summed E-state index contributed by atoms with van der Waals surface area (Å²) in [5, 5.41) is 4.30. The van der Waals surface area contributed by atoms with Crippen molar-refractivity contribution in [1.29, 1.82) is 0 Å². The van der Waals surface area contributed by atoms with Gasteiger partial charge < -0.3 is 29.4 Å². The van der Waals surface area contributed by atoms with E-state index in [1.54, 1.807) is 24.6 Å². The summed E-state index contributed by atoms with van der Waals surface area (Å²) in [6.07, 6.45) is 19.0. The SMILES string of the molecule is CCCC[P+](CCCC)(CCCC)CCCC.[Br-].[Cl-].c1ccc(C[P+](c2ccccc2)(c2ccccc2)c2ccccc2)cc1. The standard InChI is InChI=1S/C25H22P.C16H36P.BrH.ClH/c1-5-13-22(14-6-1)21-26(23-15-7-2-8-16-23,24-17-9-3-10-18-24)25-19-11-4-12-20-25;1-5-9-13-17(14-10-6-2,15-11-7-3)16-12-8-4;;/h1-20H,21H2;5-16H2,1-4H3;2*1H/q2*+1;;/p-2. The van der Waals surface area contributed by atoms with Crippen LogP contribution in [0.1, 0.15) is 84.6 Å². The predicted octanol–water partition coefficient (Wildman–Crippen LogP) is 5.39. The second kappa shape index (κ2) is 23.8. The Hall–Kier alpha value is -1.49. The van der Waals surface area contributed by atoms with E-state index in [0.717, 1.165) is 6.16 Å². The molecule has 0 aliphatic carbocycles. The molecule has 0 nitrogen and oxygen atoms in total. The zero-order valence-corrected chi connectivity index (χ0v) is 32.5. The molecule has 0 amide bonds. The highest BCUT2D eigenvalue weighted by molar-refractivity contribution is 7.95. The van der Waals surface area contributed by atoms with E-state index in [0.29, 0.717) is 0 Å². The van der Waals surface area contributed by atoms with Crippen LogP contribution in [0.5, 0.6) is 0 Å². The minimum absolute atomic E-state index is 0. The molecule has 0 saturated carbocycles. The van der Waals surface area contributed by atoms with Crippen molar-refractivity contribution in [2.24, 2.45) is 0 Å². The Labute approximate surface area is 295 Å². The van der Waals surface area contributed by atoms with Crippen molar-refractivity contribution in [3.05, 3.63) is 127 Å². The van der Waals surface area contributed by atoms with Crippen molar-refractivity contribution in [1.82, 2.24) is 0 Å². The van der Waals surface area contributed by atoms with Crippen molar-refractivity contribution in [2.75, 3.05) is 24.6 Å². The van der Waals surface area contributed by atoms with Crippen molar-refractivity contribution >= 4 is 30.4 Å². The van der Waals surface area contributed by atoms with Gasteiger partial charge in [-0.2, -0.15) is 0 Å². The van der Waals surface area contributed by atoms with Crippen molar-refractivity contribution in [3.63, 3.8) is 0 Å². The third kappa shape index (κ3) is 12.9. The van der Waals surface area contributed by atoms with Crippen LogP contribution in [0.25, 0.3) is 0 Å². The molecule has 0 heterocycles. The summed E-state index contributed by atoms with van der Waals surface area (Å²) in [5.41, 5.74) is 1.39. The average molecular weight is 728 g/mol. The first-order valence-electron chi connectivity index (χ1n) is 17.1. The number of halogens is 2. The fourth-order valence-electron chi connectivity index (χ4n) is 6.27. The van der Waals surface area contributed by atoms with Crippen molar-refractivity contribution in [3.8, 4) is 0 Å². The zero-order chi connectivity index (χ0) is 30.6. The lowest BCUT2D eigenvalue weighted by atomic mass is 10.2. The van der Waals surface area contributed by atoms with Crippen LogP contribution in [-0.4, -0.2) is 24.6 Å². The van der Waals surface area contributed by atoms with E-state index >= 15 is 0 Å². The van der Waals surface area contributed by atoms with E-state index < -0.39 is 14.5 Å². The summed E-state index contributed by atoms with van der Waals surface area (Å²) in [4.78, 5) is 0. The van der Waals surface area contributed by atoms with Gasteiger partial charge in [-0.05, 0) is 67.6 Å². The average Bonchev–Trinajstić information content (AvgIpc) is 3.08. The summed E-state index contributed by atoms with van der Waals surface area (Å²) in [6.45, 7) is 9.42. The normalized spacial score (nSPS) is 11.0. The van der Waals surface area contributed by atoms with E-state index in [1.165, 1.54) is 72.8 Å². The highest BCUT2D eigenvalue weighted by atomic mass is 79.9. The fourth-order valence-corrected chi connectivity index (χ4v) is 15.8. The van der Waals surface area contributed by atoms with Gasteiger partial charge in [0.05, 0.1) is 30.8 Å². The van der Waals surface area contributed by atoms with E-state index in [9.17, 15) is 0 Å². The number of unbranched alkanes of at least 4 members (excludes halogenated alkanes) is 4. The van der Waals surface area contributed by atoms with Crippen LogP contribution in [0.4, 0.5) is 0 Å². The molecule has 0 unspecified atom stereocenters. The van der Waals surface area contributed by atoms with E-state index in [-0.39, 0.29) is 29.4 Å². The van der Waals surface area contributed by atoms with Gasteiger partial charge in [-0.15, -0.1) is 0 Å². The third-order valence-electron chi connectivity index (χ3n) is 8.80. The van der Waals surface area contributed by atoms with Gasteiger partial charge in [0, 0.05) is 7.26 Å². The maximum absolute atomic E-state index is 2.36. The largest absolute Gasteiger partial charge is 1.00 e. The molecule has 0 fully saturated rings. The van der Waals surface area contributed by atoms with Gasteiger partial charge in [0.25, 0.3) is 0 Å². The molecule has 0 N–H and O–H groups in total. The molecule has 4 aromatic carbocycles. The number of hydrogen-bond donors (Lipinski definition) is 0. The van der Waals surface area contributed by atoms with Gasteiger partial charge in [-0.1, -0.05) is 138 Å². The second-order valence-corrected chi connectivity index (χ2v) is 20.1. The first kappa shape index (κ1) is 41.5. The first-order chi connectivity index (χ1) is 21.1. The Bertz CT molecular complexity index is 1100. The molecular formula is C41H58BrClP2. The smallest absolute Gasteiger partial charge is 0.116 e. The Morgan fingerprint density at radius 1 is 0.400 bits per heavy atom. The van der Waals surface area contributed by atoms with Crippen LogP contribution in [-0.2, 0) is 6.16 Å². The minimum Gasteiger partial charge on any atom is -1.00 e. The van der Waals surface area contributed by atoms with Gasteiger partial charge in [0.2, 0.25) is 0 Å². The third-order valence-corrected chi connectivity index (χ3v) is 18.2. The molecule has 45 heavy (non-hydrogen) atoms. The number of rotatable bonds is 17. The van der Waals surface area contributed by atoms with Crippen LogP contribution in [0.3, 0.4) is 0 Å². The molecule has 0 aliphatic heterocycles.